The number of benzene rings is 10. The molecular formula is C61H35F2N5. The van der Waals surface area contributed by atoms with Crippen LogP contribution in [0.2, 0.25) is 0 Å². The van der Waals surface area contributed by atoms with Crippen molar-refractivity contribution in [1.29, 1.82) is 5.26 Å². The molecular weight excluding hydrogens is 841 g/mol. The van der Waals surface area contributed by atoms with Gasteiger partial charge in [-0.25, -0.2) is 8.78 Å². The average Bonchev–Trinajstić information content (AvgIpc) is 4.10. The summed E-state index contributed by atoms with van der Waals surface area (Å²) in [5, 5.41) is 19.6. The molecule has 0 atom stereocenters. The molecule has 0 aliphatic heterocycles. The van der Waals surface area contributed by atoms with Gasteiger partial charge in [0.15, 0.2) is 0 Å². The van der Waals surface area contributed by atoms with Gasteiger partial charge in [-0.1, -0.05) is 109 Å². The summed E-state index contributed by atoms with van der Waals surface area (Å²) >= 11 is 0. The first-order valence-electron chi connectivity index (χ1n) is 22.6. The SMILES string of the molecule is N#Cc1cc(-n2c3ccccc3c3cc(-n4c5ccccc5c5ccccc54)ccc32)c(-c2cc(F)cc(F)c2)c(-n2c3ccccc3c3cc(-n4c5ccccc5c5ccccc54)ccc32)c1. The summed E-state index contributed by atoms with van der Waals surface area (Å²) < 4.78 is 40.3. The monoisotopic (exact) mass is 875 g/mol. The van der Waals surface area contributed by atoms with Gasteiger partial charge < -0.3 is 18.3 Å². The molecule has 4 heterocycles. The van der Waals surface area contributed by atoms with Crippen molar-refractivity contribution >= 4 is 87.2 Å². The molecule has 10 aromatic carbocycles. The number of fused-ring (bicyclic) bond motifs is 12. The molecule has 0 fully saturated rings. The number of hydrogen-bond donors (Lipinski definition) is 0. The number of aromatic nitrogens is 4. The molecule has 0 saturated heterocycles. The van der Waals surface area contributed by atoms with Crippen LogP contribution in [-0.2, 0) is 0 Å². The van der Waals surface area contributed by atoms with Gasteiger partial charge in [0, 0.05) is 66.1 Å². The lowest BCUT2D eigenvalue weighted by molar-refractivity contribution is 0.584. The number of nitrogens with zero attached hydrogens (tertiary/aromatic N) is 5. The molecule has 4 aromatic heterocycles. The van der Waals surface area contributed by atoms with Crippen LogP contribution < -0.4 is 0 Å². The summed E-state index contributed by atoms with van der Waals surface area (Å²) in [6.07, 6.45) is 0. The average molecular weight is 876 g/mol. The van der Waals surface area contributed by atoms with Gasteiger partial charge in [0.25, 0.3) is 0 Å². The van der Waals surface area contributed by atoms with Crippen LogP contribution in [0, 0.1) is 23.0 Å². The first kappa shape index (κ1) is 38.1. The molecule has 5 nitrogen and oxygen atoms in total. The van der Waals surface area contributed by atoms with E-state index in [0.717, 1.165) is 83.1 Å². The Morgan fingerprint density at radius 3 is 0.971 bits per heavy atom. The summed E-state index contributed by atoms with van der Waals surface area (Å²) in [6.45, 7) is 0. The number of rotatable bonds is 5. The molecule has 0 N–H and O–H groups in total. The summed E-state index contributed by atoms with van der Waals surface area (Å²) in [6, 6.07) is 73.1. The first-order chi connectivity index (χ1) is 33.5. The van der Waals surface area contributed by atoms with Crippen molar-refractivity contribution in [3.05, 3.63) is 230 Å². The molecule has 0 amide bonds. The second kappa shape index (κ2) is 14.4. The maximum atomic E-state index is 15.7. The Labute approximate surface area is 387 Å². The van der Waals surface area contributed by atoms with Crippen LogP contribution in [0.1, 0.15) is 5.56 Å². The molecule has 68 heavy (non-hydrogen) atoms. The van der Waals surface area contributed by atoms with Crippen LogP contribution in [0.25, 0.3) is 121 Å². The molecule has 318 valence electrons. The van der Waals surface area contributed by atoms with E-state index < -0.39 is 11.6 Å². The van der Waals surface area contributed by atoms with Crippen LogP contribution in [0.15, 0.2) is 212 Å². The Bertz CT molecular complexity index is 4120. The molecule has 0 aliphatic rings. The van der Waals surface area contributed by atoms with E-state index in [1.165, 1.54) is 33.7 Å². The number of hydrogen-bond acceptors (Lipinski definition) is 1. The number of nitriles is 1. The van der Waals surface area contributed by atoms with Gasteiger partial charge in [-0.2, -0.15) is 5.26 Å². The van der Waals surface area contributed by atoms with Gasteiger partial charge in [0.05, 0.1) is 67.1 Å². The van der Waals surface area contributed by atoms with E-state index in [-0.39, 0.29) is 0 Å². The van der Waals surface area contributed by atoms with Gasteiger partial charge in [-0.3, -0.25) is 0 Å². The smallest absolute Gasteiger partial charge is 0.126 e. The molecule has 0 saturated carbocycles. The third-order valence-electron chi connectivity index (χ3n) is 13.8. The minimum Gasteiger partial charge on any atom is -0.309 e. The molecule has 14 aromatic rings. The van der Waals surface area contributed by atoms with Gasteiger partial charge in [-0.15, -0.1) is 0 Å². The van der Waals surface area contributed by atoms with E-state index in [0.29, 0.717) is 28.1 Å². The zero-order valence-electron chi connectivity index (χ0n) is 36.2. The van der Waals surface area contributed by atoms with Crippen molar-refractivity contribution in [2.75, 3.05) is 0 Å². The second-order valence-electron chi connectivity index (χ2n) is 17.5. The molecule has 7 heteroatoms. The Morgan fingerprint density at radius 2 is 0.618 bits per heavy atom. The van der Waals surface area contributed by atoms with Gasteiger partial charge in [0.1, 0.15) is 11.6 Å². The van der Waals surface area contributed by atoms with Gasteiger partial charge in [0.2, 0.25) is 0 Å². The Kier molecular flexibility index (Phi) is 8.05. The van der Waals surface area contributed by atoms with Crippen molar-refractivity contribution < 1.29 is 8.78 Å². The van der Waals surface area contributed by atoms with E-state index in [1.807, 2.05) is 36.4 Å². The minimum absolute atomic E-state index is 0.345. The summed E-state index contributed by atoms with van der Waals surface area (Å²) in [5.74, 6) is -1.39. The third-order valence-corrected chi connectivity index (χ3v) is 13.8. The largest absolute Gasteiger partial charge is 0.309 e. The van der Waals surface area contributed by atoms with Crippen molar-refractivity contribution in [2.24, 2.45) is 0 Å². The number of halogens is 2. The van der Waals surface area contributed by atoms with E-state index in [1.54, 1.807) is 0 Å². The molecule has 0 unspecified atom stereocenters. The van der Waals surface area contributed by atoms with Crippen LogP contribution in [-0.4, -0.2) is 18.3 Å². The normalized spacial score (nSPS) is 12.0. The number of para-hydroxylation sites is 6. The van der Waals surface area contributed by atoms with Crippen LogP contribution in [0.5, 0.6) is 0 Å². The van der Waals surface area contributed by atoms with Crippen LogP contribution in [0.4, 0.5) is 8.78 Å². The van der Waals surface area contributed by atoms with E-state index in [9.17, 15) is 5.26 Å². The highest BCUT2D eigenvalue weighted by atomic mass is 19.1. The highest BCUT2D eigenvalue weighted by Gasteiger charge is 2.25. The predicted molar refractivity (Wildman–Crippen MR) is 274 cm³/mol. The fourth-order valence-corrected chi connectivity index (χ4v) is 11.1. The van der Waals surface area contributed by atoms with Crippen LogP contribution in [0.3, 0.4) is 0 Å². The first-order valence-corrected chi connectivity index (χ1v) is 22.6. The van der Waals surface area contributed by atoms with Crippen molar-refractivity contribution in [1.82, 2.24) is 18.3 Å². The maximum absolute atomic E-state index is 15.7. The Morgan fingerprint density at radius 1 is 0.309 bits per heavy atom. The zero-order valence-corrected chi connectivity index (χ0v) is 36.2. The fourth-order valence-electron chi connectivity index (χ4n) is 11.1. The summed E-state index contributed by atoms with van der Waals surface area (Å²) in [7, 11) is 0. The highest BCUT2D eigenvalue weighted by Crippen LogP contribution is 2.45. The lowest BCUT2D eigenvalue weighted by atomic mass is 9.97. The molecule has 14 rings (SSSR count). The quantitative estimate of drug-likeness (QED) is 0.170. The lowest BCUT2D eigenvalue weighted by Crippen LogP contribution is -2.05. The molecule has 0 bridgehead atoms. The van der Waals surface area contributed by atoms with Gasteiger partial charge >= 0.3 is 0 Å². The Balaban J connectivity index is 1.07. The highest BCUT2D eigenvalue weighted by molar-refractivity contribution is 6.15. The van der Waals surface area contributed by atoms with Crippen LogP contribution >= 0.6 is 0 Å². The summed E-state index contributed by atoms with van der Waals surface area (Å²) in [4.78, 5) is 0. The Hall–Kier alpha value is -9.25. The molecule has 0 radical (unpaired) electrons. The molecule has 0 spiro atoms. The third kappa shape index (κ3) is 5.40. The zero-order chi connectivity index (χ0) is 45.2. The van der Waals surface area contributed by atoms with E-state index >= 15 is 8.78 Å². The fraction of sp³-hybridized carbons (Fsp3) is 0. The molecule has 0 aliphatic carbocycles. The lowest BCUT2D eigenvalue weighted by Gasteiger charge is -2.21. The summed E-state index contributed by atoms with van der Waals surface area (Å²) in [5.41, 5.74) is 12.5. The van der Waals surface area contributed by atoms with Crippen molar-refractivity contribution in [2.45, 2.75) is 0 Å². The van der Waals surface area contributed by atoms with E-state index in [4.69, 9.17) is 0 Å². The van der Waals surface area contributed by atoms with E-state index in [2.05, 4.69) is 182 Å². The minimum atomic E-state index is -0.697. The van der Waals surface area contributed by atoms with Crippen molar-refractivity contribution in [3.8, 4) is 39.9 Å². The van der Waals surface area contributed by atoms with Gasteiger partial charge in [-0.05, 0) is 103 Å². The van der Waals surface area contributed by atoms with Crippen molar-refractivity contribution in [3.63, 3.8) is 0 Å². The standard InChI is InChI=1S/C61H35F2N5/c62-39-31-38(32-40(63)33-39)61-59(67-55-23-11-5-17-47(55)49-34-41(25-27-57(49)67)65-51-19-7-1-13-43(51)44-14-2-8-20-52(44)65)29-37(36-64)30-60(61)68-56-24-12-6-18-48(56)50-35-42(26-28-58(50)68)66-53-21-9-3-15-45(53)46-16-4-10-22-54(46)66/h1-35H. The second-order valence-corrected chi connectivity index (χ2v) is 17.5. The topological polar surface area (TPSA) is 43.5 Å². The predicted octanol–water partition coefficient (Wildman–Crippen LogP) is 15.9. The maximum Gasteiger partial charge on any atom is 0.126 e.